The lowest BCUT2D eigenvalue weighted by molar-refractivity contribution is -0.274. The maximum Gasteiger partial charge on any atom is 0.573 e. The highest BCUT2D eigenvalue weighted by atomic mass is 19.4. The molecular weight excluding hydrogens is 349 g/mol. The summed E-state index contributed by atoms with van der Waals surface area (Å²) in [7, 11) is 1.50. The van der Waals surface area contributed by atoms with E-state index in [1.807, 2.05) is 13.0 Å². The van der Waals surface area contributed by atoms with Crippen LogP contribution in [0.25, 0.3) is 5.69 Å². The summed E-state index contributed by atoms with van der Waals surface area (Å²) in [5, 5.41) is 7.32. The first-order chi connectivity index (χ1) is 12.3. The highest BCUT2D eigenvalue weighted by Gasteiger charge is 2.31. The van der Waals surface area contributed by atoms with Crippen molar-refractivity contribution in [2.24, 2.45) is 0 Å². The fourth-order valence-corrected chi connectivity index (χ4v) is 2.34. The zero-order chi connectivity index (χ0) is 18.7. The average molecular weight is 364 g/mol. The summed E-state index contributed by atoms with van der Waals surface area (Å²) in [5.41, 5.74) is 1.95. The Morgan fingerprint density at radius 1 is 1.12 bits per heavy atom. The first kappa shape index (κ1) is 17.6. The van der Waals surface area contributed by atoms with Gasteiger partial charge in [0.15, 0.2) is 5.82 Å². The zero-order valence-corrected chi connectivity index (χ0v) is 13.9. The Bertz CT molecular complexity index is 909. The number of rotatable bonds is 5. The van der Waals surface area contributed by atoms with Crippen molar-refractivity contribution in [2.75, 3.05) is 12.4 Å². The maximum atomic E-state index is 12.3. The monoisotopic (exact) mass is 364 g/mol. The first-order valence-electron chi connectivity index (χ1n) is 7.54. The number of nitrogens with zero attached hydrogens (tertiary/aromatic N) is 3. The Kier molecular flexibility index (Phi) is 4.70. The van der Waals surface area contributed by atoms with E-state index in [-0.39, 0.29) is 5.75 Å². The number of halogens is 3. The second kappa shape index (κ2) is 6.95. The van der Waals surface area contributed by atoms with E-state index in [4.69, 9.17) is 4.74 Å². The molecule has 0 bridgehead atoms. The van der Waals surface area contributed by atoms with Crippen LogP contribution in [-0.2, 0) is 0 Å². The normalized spacial score (nSPS) is 11.3. The van der Waals surface area contributed by atoms with E-state index in [1.54, 1.807) is 29.1 Å². The number of anilines is 2. The summed E-state index contributed by atoms with van der Waals surface area (Å²) in [6, 6.07) is 10.7. The van der Waals surface area contributed by atoms with Gasteiger partial charge in [0.1, 0.15) is 5.75 Å². The Hall–Kier alpha value is -3.23. The molecule has 1 N–H and O–H groups in total. The maximum absolute atomic E-state index is 12.3. The van der Waals surface area contributed by atoms with E-state index < -0.39 is 6.36 Å². The molecule has 0 aliphatic heterocycles. The lowest BCUT2D eigenvalue weighted by atomic mass is 10.3. The quantitative estimate of drug-likeness (QED) is 0.734. The molecule has 0 fully saturated rings. The minimum absolute atomic E-state index is 0.321. The fraction of sp³-hybridized carbons (Fsp3) is 0.176. The molecule has 2 heterocycles. The Balaban J connectivity index is 1.86. The summed E-state index contributed by atoms with van der Waals surface area (Å²) in [6.45, 7) is 1.85. The number of methoxy groups -OCH3 is 1. The average Bonchev–Trinajstić information content (AvgIpc) is 2.96. The van der Waals surface area contributed by atoms with Crippen molar-refractivity contribution in [3.05, 3.63) is 54.4 Å². The van der Waals surface area contributed by atoms with E-state index in [0.29, 0.717) is 17.4 Å². The van der Waals surface area contributed by atoms with Gasteiger partial charge in [0.2, 0.25) is 5.88 Å². The number of aromatic nitrogens is 3. The number of ether oxygens (including phenoxy) is 2. The smallest absolute Gasteiger partial charge is 0.481 e. The van der Waals surface area contributed by atoms with Crippen molar-refractivity contribution < 1.29 is 22.6 Å². The third kappa shape index (κ3) is 4.24. The predicted octanol–water partition coefficient (Wildman–Crippen LogP) is 4.23. The highest BCUT2D eigenvalue weighted by molar-refractivity contribution is 5.59. The standard InChI is InChI=1S/C17H15F3N4O2/c1-11-8-13(6-7-21-11)24-16(25-2)10-15(23-24)22-12-4-3-5-14(9-12)26-17(18,19)20/h3-10H,1-2H3,(H,22,23). The Morgan fingerprint density at radius 2 is 1.92 bits per heavy atom. The number of aryl methyl sites for hydroxylation is 1. The molecule has 6 nitrogen and oxygen atoms in total. The van der Waals surface area contributed by atoms with Gasteiger partial charge in [0.05, 0.1) is 12.8 Å². The fourth-order valence-electron chi connectivity index (χ4n) is 2.34. The molecule has 3 aromatic rings. The van der Waals surface area contributed by atoms with Gasteiger partial charge in [0, 0.05) is 29.7 Å². The van der Waals surface area contributed by atoms with Gasteiger partial charge in [-0.1, -0.05) is 6.07 Å². The van der Waals surface area contributed by atoms with E-state index >= 15 is 0 Å². The van der Waals surface area contributed by atoms with Crippen LogP contribution in [0.15, 0.2) is 48.7 Å². The van der Waals surface area contributed by atoms with Gasteiger partial charge in [-0.3, -0.25) is 4.98 Å². The van der Waals surface area contributed by atoms with E-state index in [0.717, 1.165) is 11.4 Å². The van der Waals surface area contributed by atoms with E-state index in [2.05, 4.69) is 20.1 Å². The summed E-state index contributed by atoms with van der Waals surface area (Å²) in [5.74, 6) is 0.542. The van der Waals surface area contributed by atoms with Crippen LogP contribution in [0, 0.1) is 6.92 Å². The molecule has 0 atom stereocenters. The molecule has 1 aromatic carbocycles. The SMILES string of the molecule is COc1cc(Nc2cccc(OC(F)(F)F)c2)nn1-c1ccnc(C)c1. The number of hydrogen-bond donors (Lipinski definition) is 1. The number of nitrogens with one attached hydrogen (secondary N) is 1. The van der Waals surface area contributed by atoms with Gasteiger partial charge < -0.3 is 14.8 Å². The highest BCUT2D eigenvalue weighted by Crippen LogP contribution is 2.28. The second-order valence-corrected chi connectivity index (χ2v) is 5.34. The molecule has 0 radical (unpaired) electrons. The molecule has 3 rings (SSSR count). The molecule has 0 aliphatic carbocycles. The van der Waals surface area contributed by atoms with Gasteiger partial charge >= 0.3 is 6.36 Å². The summed E-state index contributed by atoms with van der Waals surface area (Å²) in [4.78, 5) is 4.13. The minimum atomic E-state index is -4.75. The Morgan fingerprint density at radius 3 is 2.62 bits per heavy atom. The lowest BCUT2D eigenvalue weighted by Crippen LogP contribution is -2.17. The lowest BCUT2D eigenvalue weighted by Gasteiger charge is -2.10. The molecule has 26 heavy (non-hydrogen) atoms. The predicted molar refractivity (Wildman–Crippen MR) is 89.1 cm³/mol. The Labute approximate surface area is 147 Å². The van der Waals surface area contributed by atoms with Crippen molar-refractivity contribution in [1.29, 1.82) is 0 Å². The molecule has 0 aliphatic rings. The summed E-state index contributed by atoms with van der Waals surface area (Å²) < 4.78 is 47.8. The third-order valence-electron chi connectivity index (χ3n) is 3.35. The van der Waals surface area contributed by atoms with Crippen LogP contribution in [0.4, 0.5) is 24.7 Å². The van der Waals surface area contributed by atoms with Gasteiger partial charge in [-0.05, 0) is 31.2 Å². The molecule has 0 unspecified atom stereocenters. The van der Waals surface area contributed by atoms with Crippen molar-refractivity contribution in [3.8, 4) is 17.3 Å². The molecule has 136 valence electrons. The molecular formula is C17H15F3N4O2. The zero-order valence-electron chi connectivity index (χ0n) is 13.9. The van der Waals surface area contributed by atoms with Gasteiger partial charge in [-0.15, -0.1) is 18.3 Å². The molecule has 0 saturated carbocycles. The van der Waals surface area contributed by atoms with Crippen LogP contribution in [0.1, 0.15) is 5.69 Å². The van der Waals surface area contributed by atoms with Crippen molar-refractivity contribution in [1.82, 2.24) is 14.8 Å². The van der Waals surface area contributed by atoms with Crippen LogP contribution < -0.4 is 14.8 Å². The second-order valence-electron chi connectivity index (χ2n) is 5.34. The largest absolute Gasteiger partial charge is 0.573 e. The van der Waals surface area contributed by atoms with Gasteiger partial charge in [0.25, 0.3) is 0 Å². The first-order valence-corrected chi connectivity index (χ1v) is 7.54. The molecule has 0 saturated heterocycles. The topological polar surface area (TPSA) is 61.2 Å². The van der Waals surface area contributed by atoms with Gasteiger partial charge in [-0.2, -0.15) is 4.68 Å². The van der Waals surface area contributed by atoms with Crippen LogP contribution in [0.3, 0.4) is 0 Å². The number of benzene rings is 1. The van der Waals surface area contributed by atoms with Crippen LogP contribution in [-0.4, -0.2) is 28.2 Å². The van der Waals surface area contributed by atoms with Gasteiger partial charge in [-0.25, -0.2) is 0 Å². The molecule has 0 amide bonds. The van der Waals surface area contributed by atoms with Crippen LogP contribution in [0.2, 0.25) is 0 Å². The number of hydrogen-bond acceptors (Lipinski definition) is 5. The minimum Gasteiger partial charge on any atom is -0.481 e. The van der Waals surface area contributed by atoms with Crippen LogP contribution >= 0.6 is 0 Å². The van der Waals surface area contributed by atoms with Crippen LogP contribution in [0.5, 0.6) is 11.6 Å². The van der Waals surface area contributed by atoms with E-state index in [9.17, 15) is 13.2 Å². The number of pyridine rings is 1. The number of alkyl halides is 3. The van der Waals surface area contributed by atoms with Crippen molar-refractivity contribution in [3.63, 3.8) is 0 Å². The summed E-state index contributed by atoms with van der Waals surface area (Å²) in [6.07, 6.45) is -3.10. The van der Waals surface area contributed by atoms with E-state index in [1.165, 1.54) is 25.3 Å². The molecule has 0 spiro atoms. The van der Waals surface area contributed by atoms with Crippen molar-refractivity contribution in [2.45, 2.75) is 13.3 Å². The van der Waals surface area contributed by atoms with Crippen molar-refractivity contribution >= 4 is 11.5 Å². The summed E-state index contributed by atoms with van der Waals surface area (Å²) >= 11 is 0. The molecule has 9 heteroatoms. The molecule has 2 aromatic heterocycles. The third-order valence-corrected chi connectivity index (χ3v) is 3.35.